The summed E-state index contributed by atoms with van der Waals surface area (Å²) in [5.74, 6) is 0.535. The van der Waals surface area contributed by atoms with Crippen molar-refractivity contribution in [2.45, 2.75) is 19.9 Å². The quantitative estimate of drug-likeness (QED) is 0.694. The fourth-order valence-corrected chi connectivity index (χ4v) is 1.34. The summed E-state index contributed by atoms with van der Waals surface area (Å²) < 4.78 is 3.23. The van der Waals surface area contributed by atoms with Gasteiger partial charge in [-0.25, -0.2) is 9.20 Å². The average Bonchev–Trinajstić information content (AvgIpc) is 2.47. The summed E-state index contributed by atoms with van der Waals surface area (Å²) in [7, 11) is 0. The molecule has 0 aliphatic rings. The van der Waals surface area contributed by atoms with Crippen molar-refractivity contribution in [3.63, 3.8) is 0 Å². The predicted molar refractivity (Wildman–Crippen MR) is 52.0 cm³/mol. The van der Waals surface area contributed by atoms with Gasteiger partial charge in [-0.15, -0.1) is 0 Å². The Morgan fingerprint density at radius 2 is 2.07 bits per heavy atom. The van der Waals surface area contributed by atoms with E-state index in [-0.39, 0.29) is 12.0 Å². The number of anilines is 1. The lowest BCUT2D eigenvalue weighted by Gasteiger charge is -2.06. The molecule has 0 radical (unpaired) electrons. The van der Waals surface area contributed by atoms with E-state index in [9.17, 15) is 4.79 Å². The fourth-order valence-electron chi connectivity index (χ4n) is 1.34. The molecule has 2 aromatic heterocycles. The molecule has 2 aromatic rings. The molecule has 0 fully saturated rings. The van der Waals surface area contributed by atoms with Gasteiger partial charge in [-0.05, 0) is 13.8 Å². The lowest BCUT2D eigenvalue weighted by Crippen LogP contribution is -2.20. The third kappa shape index (κ3) is 1.15. The van der Waals surface area contributed by atoms with Crippen LogP contribution in [0.15, 0.2) is 17.2 Å². The number of rotatable bonds is 1. The maximum atomic E-state index is 11.4. The van der Waals surface area contributed by atoms with E-state index in [2.05, 4.69) is 9.97 Å². The molecule has 0 aliphatic heterocycles. The minimum atomic E-state index is -0.396. The molecule has 0 aromatic carbocycles. The number of aromatic nitrogens is 4. The van der Waals surface area contributed by atoms with Gasteiger partial charge in [0.25, 0.3) is 0 Å². The van der Waals surface area contributed by atoms with Gasteiger partial charge >= 0.3 is 5.69 Å². The van der Waals surface area contributed by atoms with Gasteiger partial charge in [0.2, 0.25) is 11.7 Å². The van der Waals surface area contributed by atoms with Gasteiger partial charge in [0, 0.05) is 18.4 Å². The Kier molecular flexibility index (Phi) is 1.77. The summed E-state index contributed by atoms with van der Waals surface area (Å²) in [6.45, 7) is 4.01. The number of nitrogen functional groups attached to an aromatic ring is 1. The van der Waals surface area contributed by atoms with Gasteiger partial charge < -0.3 is 10.3 Å². The first-order valence-corrected chi connectivity index (χ1v) is 4.32. The number of hydrogen-bond acceptors (Lipinski definition) is 4. The zero-order chi connectivity index (χ0) is 10.3. The second-order valence-electron chi connectivity index (χ2n) is 3.33. The maximum Gasteiger partial charge on any atom is 0.357 e. The van der Waals surface area contributed by atoms with Gasteiger partial charge in [0.05, 0.1) is 0 Å². The normalized spacial score (nSPS) is 11.4. The van der Waals surface area contributed by atoms with Crippen LogP contribution in [0.5, 0.6) is 0 Å². The van der Waals surface area contributed by atoms with Crippen LogP contribution in [0, 0.1) is 0 Å². The van der Waals surface area contributed by atoms with Crippen LogP contribution in [0.4, 0.5) is 5.95 Å². The van der Waals surface area contributed by atoms with Crippen molar-refractivity contribution in [3.8, 4) is 0 Å². The first-order valence-electron chi connectivity index (χ1n) is 4.32. The maximum absolute atomic E-state index is 11.4. The van der Waals surface area contributed by atoms with Crippen LogP contribution in [0.3, 0.4) is 0 Å². The van der Waals surface area contributed by atoms with Crippen LogP contribution >= 0.6 is 0 Å². The Morgan fingerprint density at radius 1 is 1.36 bits per heavy atom. The van der Waals surface area contributed by atoms with E-state index in [1.807, 2.05) is 18.4 Å². The van der Waals surface area contributed by atoms with Crippen molar-refractivity contribution in [1.29, 1.82) is 0 Å². The van der Waals surface area contributed by atoms with Crippen LogP contribution in [0.1, 0.15) is 19.9 Å². The highest BCUT2D eigenvalue weighted by molar-refractivity contribution is 5.34. The largest absolute Gasteiger partial charge is 0.368 e. The molecule has 0 bridgehead atoms. The number of hydrogen-bond donors (Lipinski definition) is 1. The smallest absolute Gasteiger partial charge is 0.357 e. The predicted octanol–water partition coefficient (Wildman–Crippen LogP) is 0.0541. The molecule has 6 nitrogen and oxygen atoms in total. The van der Waals surface area contributed by atoms with Crippen molar-refractivity contribution in [2.75, 3.05) is 5.73 Å². The summed E-state index contributed by atoms with van der Waals surface area (Å²) in [4.78, 5) is 18.9. The van der Waals surface area contributed by atoms with E-state index >= 15 is 0 Å². The molecule has 14 heavy (non-hydrogen) atoms. The molecular formula is C8H11N5O. The fraction of sp³-hybridized carbons (Fsp3) is 0.375. The summed E-state index contributed by atoms with van der Waals surface area (Å²) in [6, 6.07) is 0.230. The van der Waals surface area contributed by atoms with Crippen LogP contribution < -0.4 is 11.4 Å². The van der Waals surface area contributed by atoms with Crippen molar-refractivity contribution >= 4 is 11.7 Å². The highest BCUT2D eigenvalue weighted by Gasteiger charge is 2.08. The van der Waals surface area contributed by atoms with Crippen molar-refractivity contribution in [3.05, 3.63) is 22.9 Å². The SMILES string of the molecule is CC(C)n1ccn2c(=O)nc(N)nc12. The monoisotopic (exact) mass is 193 g/mol. The van der Waals surface area contributed by atoms with E-state index in [0.29, 0.717) is 5.78 Å². The number of nitrogens with two attached hydrogens (primary N) is 1. The molecule has 0 aliphatic carbocycles. The molecular weight excluding hydrogens is 182 g/mol. The summed E-state index contributed by atoms with van der Waals surface area (Å²) in [6.07, 6.45) is 3.42. The minimum absolute atomic E-state index is 0.00981. The number of nitrogens with zero attached hydrogens (tertiary/aromatic N) is 4. The van der Waals surface area contributed by atoms with Crippen LogP contribution in [-0.4, -0.2) is 18.9 Å². The van der Waals surface area contributed by atoms with Crippen molar-refractivity contribution in [2.24, 2.45) is 0 Å². The molecule has 0 atom stereocenters. The molecule has 2 heterocycles. The van der Waals surface area contributed by atoms with E-state index in [1.54, 1.807) is 12.4 Å². The number of imidazole rings is 1. The molecule has 0 saturated heterocycles. The van der Waals surface area contributed by atoms with Crippen LogP contribution in [-0.2, 0) is 0 Å². The first-order chi connectivity index (χ1) is 6.59. The minimum Gasteiger partial charge on any atom is -0.368 e. The van der Waals surface area contributed by atoms with Gasteiger partial charge in [-0.1, -0.05) is 0 Å². The Balaban J connectivity index is 2.85. The molecule has 2 N–H and O–H groups in total. The first kappa shape index (κ1) is 8.74. The molecule has 74 valence electrons. The summed E-state index contributed by atoms with van der Waals surface area (Å²) in [5.41, 5.74) is 5.01. The molecule has 0 spiro atoms. The molecule has 0 unspecified atom stereocenters. The lowest BCUT2D eigenvalue weighted by atomic mass is 10.4. The zero-order valence-corrected chi connectivity index (χ0v) is 8.01. The second kappa shape index (κ2) is 2.83. The topological polar surface area (TPSA) is 78.2 Å². The van der Waals surface area contributed by atoms with E-state index in [0.717, 1.165) is 0 Å². The molecule has 0 amide bonds. The van der Waals surface area contributed by atoms with Gasteiger partial charge in [-0.2, -0.15) is 9.97 Å². The van der Waals surface area contributed by atoms with Crippen molar-refractivity contribution < 1.29 is 0 Å². The van der Waals surface area contributed by atoms with Crippen LogP contribution in [0.2, 0.25) is 0 Å². The van der Waals surface area contributed by atoms with Gasteiger partial charge in [-0.3, -0.25) is 0 Å². The molecule has 0 saturated carbocycles. The third-order valence-corrected chi connectivity index (χ3v) is 2.01. The van der Waals surface area contributed by atoms with Crippen molar-refractivity contribution in [1.82, 2.24) is 18.9 Å². The second-order valence-corrected chi connectivity index (χ2v) is 3.33. The van der Waals surface area contributed by atoms with E-state index in [1.165, 1.54) is 4.40 Å². The zero-order valence-electron chi connectivity index (χ0n) is 8.01. The van der Waals surface area contributed by atoms with Crippen LogP contribution in [0.25, 0.3) is 5.78 Å². The Morgan fingerprint density at radius 3 is 2.71 bits per heavy atom. The van der Waals surface area contributed by atoms with E-state index in [4.69, 9.17) is 5.73 Å². The summed E-state index contributed by atoms with van der Waals surface area (Å²) >= 11 is 0. The van der Waals surface area contributed by atoms with Gasteiger partial charge in [0.1, 0.15) is 0 Å². The molecule has 2 rings (SSSR count). The highest BCUT2D eigenvalue weighted by atomic mass is 16.1. The standard InChI is InChI=1S/C8H11N5O/c1-5(2)12-3-4-13-7(12)10-6(9)11-8(13)14/h3-5H,1-2H3,(H2,9,11,14). The summed E-state index contributed by atoms with van der Waals surface area (Å²) in [5, 5.41) is 0. The Hall–Kier alpha value is -1.85. The van der Waals surface area contributed by atoms with E-state index < -0.39 is 5.69 Å². The number of fused-ring (bicyclic) bond motifs is 1. The molecule has 6 heteroatoms. The third-order valence-electron chi connectivity index (χ3n) is 2.01. The highest BCUT2D eigenvalue weighted by Crippen LogP contribution is 2.08. The van der Waals surface area contributed by atoms with Gasteiger partial charge in [0.15, 0.2) is 0 Å². The Labute approximate surface area is 80.0 Å². The average molecular weight is 193 g/mol. The lowest BCUT2D eigenvalue weighted by molar-refractivity contribution is 0.612. The Bertz CT molecular complexity index is 524.